The molecule has 0 amide bonds. The summed E-state index contributed by atoms with van der Waals surface area (Å²) in [7, 11) is -1.58. The zero-order chi connectivity index (χ0) is 19.3. The first-order valence-corrected chi connectivity index (χ1v) is 13.2. The van der Waals surface area contributed by atoms with Crippen LogP contribution >= 0.6 is 0 Å². The molecular weight excluding hydrogens is 355 g/mol. The van der Waals surface area contributed by atoms with E-state index in [1.54, 1.807) is 0 Å². The van der Waals surface area contributed by atoms with Gasteiger partial charge in [-0.15, -0.1) is 0 Å². The molecule has 28 heavy (non-hydrogen) atoms. The molecular formula is C24H35LiO2Si. The Kier molecular flexibility index (Phi) is 8.90. The standard InChI is InChI=1S/C24H34O2Si.Li.H/c1-5-27(6-2,7-3)22-15-11-14-21(20-13-10-12-19(4)18-20)24(22)26-23-16-8-9-17-25-23;;/h10-15,18,23H,5-9,16-17H2,1-4H3;;/q;+1;-1. The zero-order valence-corrected chi connectivity index (χ0v) is 19.4. The third-order valence-corrected chi connectivity index (χ3v) is 11.9. The van der Waals surface area contributed by atoms with Gasteiger partial charge in [-0.1, -0.05) is 86.9 Å². The summed E-state index contributed by atoms with van der Waals surface area (Å²) < 4.78 is 12.6. The first-order chi connectivity index (χ1) is 13.1. The average molecular weight is 391 g/mol. The van der Waals surface area contributed by atoms with Crippen LogP contribution in [0.3, 0.4) is 0 Å². The number of rotatable bonds is 7. The Morgan fingerprint density at radius 1 is 1.04 bits per heavy atom. The predicted octanol–water partition coefficient (Wildman–Crippen LogP) is 3.40. The number of ether oxygens (including phenoxy) is 2. The summed E-state index contributed by atoms with van der Waals surface area (Å²) in [4.78, 5) is 0. The van der Waals surface area contributed by atoms with Crippen molar-refractivity contribution in [2.24, 2.45) is 0 Å². The van der Waals surface area contributed by atoms with E-state index in [1.165, 1.54) is 46.4 Å². The molecule has 4 heteroatoms. The maximum Gasteiger partial charge on any atom is 1.00 e. The van der Waals surface area contributed by atoms with Gasteiger partial charge in [-0.25, -0.2) is 0 Å². The largest absolute Gasteiger partial charge is 1.00 e. The normalized spacial score (nSPS) is 17.1. The Balaban J connectivity index is 0.00000210. The van der Waals surface area contributed by atoms with Gasteiger partial charge in [0.15, 0.2) is 6.29 Å². The fourth-order valence-corrected chi connectivity index (χ4v) is 8.15. The molecule has 1 fully saturated rings. The quantitative estimate of drug-likeness (QED) is 0.675. The molecule has 1 aliphatic heterocycles. The second-order valence-corrected chi connectivity index (χ2v) is 13.0. The Hall–Kier alpha value is -0.986. The summed E-state index contributed by atoms with van der Waals surface area (Å²) in [6.45, 7) is 10.0. The fourth-order valence-electron chi connectivity index (χ4n) is 4.38. The molecule has 0 saturated carbocycles. The number of hydrogen-bond acceptors (Lipinski definition) is 2. The molecule has 1 unspecified atom stereocenters. The van der Waals surface area contributed by atoms with Crippen LogP contribution < -0.4 is 28.8 Å². The van der Waals surface area contributed by atoms with Gasteiger partial charge < -0.3 is 10.9 Å². The number of aryl methyl sites for hydroxylation is 1. The molecule has 148 valence electrons. The van der Waals surface area contributed by atoms with Crippen molar-refractivity contribution in [2.45, 2.75) is 71.4 Å². The maximum atomic E-state index is 6.64. The minimum absolute atomic E-state index is 0. The van der Waals surface area contributed by atoms with Crippen LogP contribution in [-0.4, -0.2) is 21.0 Å². The summed E-state index contributed by atoms with van der Waals surface area (Å²) in [6.07, 6.45) is 3.20. The summed E-state index contributed by atoms with van der Waals surface area (Å²) in [5.74, 6) is 1.09. The van der Waals surface area contributed by atoms with Gasteiger partial charge in [0, 0.05) is 12.0 Å². The molecule has 2 aromatic carbocycles. The number of benzene rings is 2. The number of hydrogen-bond donors (Lipinski definition) is 0. The van der Waals surface area contributed by atoms with Crippen LogP contribution in [0.5, 0.6) is 5.75 Å². The Morgan fingerprint density at radius 2 is 1.75 bits per heavy atom. The zero-order valence-electron chi connectivity index (χ0n) is 19.4. The Morgan fingerprint density at radius 3 is 2.36 bits per heavy atom. The summed E-state index contributed by atoms with van der Waals surface area (Å²) in [6, 6.07) is 19.3. The van der Waals surface area contributed by atoms with Crippen molar-refractivity contribution in [2.75, 3.05) is 6.61 Å². The third-order valence-electron chi connectivity index (χ3n) is 6.33. The minimum atomic E-state index is -1.58. The van der Waals surface area contributed by atoms with Gasteiger partial charge in [0.1, 0.15) is 5.75 Å². The summed E-state index contributed by atoms with van der Waals surface area (Å²) in [5, 5.41) is 1.48. The van der Waals surface area contributed by atoms with E-state index in [4.69, 9.17) is 9.47 Å². The molecule has 0 spiro atoms. The Bertz CT molecular complexity index is 750. The van der Waals surface area contributed by atoms with E-state index in [-0.39, 0.29) is 26.6 Å². The van der Waals surface area contributed by atoms with E-state index in [0.29, 0.717) is 0 Å². The Labute approximate surface area is 185 Å². The molecule has 0 bridgehead atoms. The molecule has 2 aromatic rings. The van der Waals surface area contributed by atoms with Crippen molar-refractivity contribution < 1.29 is 29.8 Å². The van der Waals surface area contributed by atoms with Gasteiger partial charge in [-0.05, 0) is 30.5 Å². The van der Waals surface area contributed by atoms with Gasteiger partial charge in [0.25, 0.3) is 0 Å². The van der Waals surface area contributed by atoms with E-state index >= 15 is 0 Å². The van der Waals surface area contributed by atoms with Crippen molar-refractivity contribution in [1.82, 2.24) is 0 Å². The average Bonchev–Trinajstić information content (AvgIpc) is 2.71. The first kappa shape index (κ1) is 23.3. The molecule has 1 saturated heterocycles. The molecule has 1 atom stereocenters. The molecule has 0 aliphatic carbocycles. The number of para-hydroxylation sites is 1. The van der Waals surface area contributed by atoms with Gasteiger partial charge in [0.2, 0.25) is 0 Å². The van der Waals surface area contributed by atoms with Gasteiger partial charge >= 0.3 is 18.9 Å². The molecule has 0 N–H and O–H groups in total. The molecule has 0 aromatic heterocycles. The van der Waals surface area contributed by atoms with Crippen LogP contribution in [0.2, 0.25) is 18.1 Å². The summed E-state index contributed by atoms with van der Waals surface area (Å²) in [5.41, 5.74) is 3.74. The molecule has 3 rings (SSSR count). The van der Waals surface area contributed by atoms with E-state index in [9.17, 15) is 0 Å². The van der Waals surface area contributed by atoms with Crippen LogP contribution in [0.4, 0.5) is 0 Å². The maximum absolute atomic E-state index is 6.64. The van der Waals surface area contributed by atoms with Crippen LogP contribution in [0.15, 0.2) is 42.5 Å². The predicted molar refractivity (Wildman–Crippen MR) is 119 cm³/mol. The van der Waals surface area contributed by atoms with Gasteiger partial charge in [-0.2, -0.15) is 0 Å². The monoisotopic (exact) mass is 390 g/mol. The van der Waals surface area contributed by atoms with Crippen LogP contribution in [-0.2, 0) is 4.74 Å². The van der Waals surface area contributed by atoms with E-state index < -0.39 is 8.07 Å². The molecule has 1 heterocycles. The first-order valence-electron chi connectivity index (χ1n) is 10.6. The molecule has 2 nitrogen and oxygen atoms in total. The third kappa shape index (κ3) is 4.94. The second-order valence-electron chi connectivity index (χ2n) is 7.81. The van der Waals surface area contributed by atoms with Gasteiger partial charge in [0.05, 0.1) is 14.7 Å². The van der Waals surface area contributed by atoms with E-state index in [0.717, 1.165) is 25.2 Å². The fraction of sp³-hybridized carbons (Fsp3) is 0.500. The van der Waals surface area contributed by atoms with Gasteiger partial charge in [-0.3, -0.25) is 0 Å². The van der Waals surface area contributed by atoms with Crippen LogP contribution in [0.25, 0.3) is 11.1 Å². The summed E-state index contributed by atoms with van der Waals surface area (Å²) >= 11 is 0. The molecule has 0 radical (unpaired) electrons. The van der Waals surface area contributed by atoms with Crippen molar-refractivity contribution in [3.8, 4) is 16.9 Å². The van der Waals surface area contributed by atoms with Crippen molar-refractivity contribution in [3.63, 3.8) is 0 Å². The topological polar surface area (TPSA) is 18.5 Å². The SMILES string of the molecule is CC[Si](CC)(CC)c1cccc(-c2cccc(C)c2)c1OC1CCCCO1.[H-].[Li+]. The van der Waals surface area contributed by atoms with Crippen LogP contribution in [0.1, 0.15) is 47.0 Å². The minimum Gasteiger partial charge on any atom is -1.00 e. The van der Waals surface area contributed by atoms with Crippen molar-refractivity contribution in [1.29, 1.82) is 0 Å². The van der Waals surface area contributed by atoms with E-state index in [1.807, 2.05) is 0 Å². The van der Waals surface area contributed by atoms with Crippen LogP contribution in [0, 0.1) is 6.92 Å². The second kappa shape index (κ2) is 10.7. The smallest absolute Gasteiger partial charge is 1.00 e. The molecule has 1 aliphatic rings. The van der Waals surface area contributed by atoms with Crippen molar-refractivity contribution in [3.05, 3.63) is 48.0 Å². The van der Waals surface area contributed by atoms with E-state index in [2.05, 4.69) is 70.2 Å². The van der Waals surface area contributed by atoms with Crippen molar-refractivity contribution >= 4 is 13.3 Å².